The second-order valence-corrected chi connectivity index (χ2v) is 21.1. The van der Waals surface area contributed by atoms with E-state index in [-0.39, 0.29) is 63.9 Å². The van der Waals surface area contributed by atoms with Gasteiger partial charge in [-0.05, 0) is 112 Å². The first-order valence-corrected chi connectivity index (χ1v) is 27.8. The summed E-state index contributed by atoms with van der Waals surface area (Å²) in [6, 6.07) is 13.4. The van der Waals surface area contributed by atoms with Crippen LogP contribution in [0, 0.1) is 0 Å². The number of amides is 7. The van der Waals surface area contributed by atoms with E-state index in [9.17, 15) is 48.9 Å². The van der Waals surface area contributed by atoms with Crippen molar-refractivity contribution >= 4 is 52.7 Å². The molecule has 4 saturated heterocycles. The maximum Gasteiger partial charge on any atom is 0.251 e. The van der Waals surface area contributed by atoms with Crippen molar-refractivity contribution in [3.8, 4) is 5.75 Å². The first-order chi connectivity index (χ1) is 37.5. The largest absolute Gasteiger partial charge is 0.494 e. The topological polar surface area (TPSA) is 289 Å². The maximum absolute atomic E-state index is 14.4. The molecule has 3 aromatic rings. The summed E-state index contributed by atoms with van der Waals surface area (Å²) < 4.78 is 5.96. The number of carbonyl (C=O) groups is 7. The quantitative estimate of drug-likeness (QED) is 0.0914. The van der Waals surface area contributed by atoms with Gasteiger partial charge in [-0.25, -0.2) is 0 Å². The number of fused-ring (bicyclic) bond motifs is 2. The number of unbranched alkanes of at least 4 members (excludes halogenated alkanes) is 4. The lowest BCUT2D eigenvalue weighted by Gasteiger charge is -2.37. The summed E-state index contributed by atoms with van der Waals surface area (Å²) in [5, 5.41) is 45.3. The Morgan fingerprint density at radius 2 is 1.27 bits per heavy atom. The zero-order valence-corrected chi connectivity index (χ0v) is 45.2. The van der Waals surface area contributed by atoms with Gasteiger partial charge in [0.05, 0.1) is 25.4 Å². The molecule has 0 spiro atoms. The van der Waals surface area contributed by atoms with E-state index in [4.69, 9.17) is 10.5 Å². The van der Waals surface area contributed by atoms with Crippen LogP contribution in [-0.4, -0.2) is 173 Å². The van der Waals surface area contributed by atoms with Crippen LogP contribution in [-0.2, 0) is 41.8 Å². The fourth-order valence-electron chi connectivity index (χ4n) is 10.6. The zero-order valence-electron chi connectivity index (χ0n) is 45.2. The van der Waals surface area contributed by atoms with E-state index < -0.39 is 95.9 Å². The number of aliphatic hydroxyl groups is 3. The minimum absolute atomic E-state index is 0.00722. The number of carbonyl (C=O) groups excluding carboxylic acids is 7. The number of nitrogens with zero attached hydrogens (tertiary/aromatic N) is 4. The third-order valence-electron chi connectivity index (χ3n) is 15.2. The van der Waals surface area contributed by atoms with Crippen LogP contribution in [0.25, 0.3) is 0 Å². The number of ether oxygens (including phenoxy) is 1. The molecule has 0 radical (unpaired) electrons. The highest BCUT2D eigenvalue weighted by atomic mass is 16.5. The molecule has 0 aliphatic carbocycles. The van der Waals surface area contributed by atoms with Gasteiger partial charge in [0.25, 0.3) is 5.91 Å². The number of hydrogen-bond acceptors (Lipinski definition) is 14. The molecule has 21 nitrogen and oxygen atoms in total. The SMILES string of the molecule is CCCCCCCOc1ccc(N2CCN(c3ccc(C(=O)NC4CCCNC(=O)C5CC(N)CN5C(=O)C(C(C)O)NC(=O)C(Cc5ccc(CO)cc5)NC(=O)C5CCCN5C(=O)C(C(C)O)NC4=O)cc3)CC2)cc1. The highest BCUT2D eigenvalue weighted by Crippen LogP contribution is 2.26. The van der Waals surface area contributed by atoms with Gasteiger partial charge in [-0.15, -0.1) is 0 Å². The van der Waals surface area contributed by atoms with Gasteiger partial charge in [-0.3, -0.25) is 33.6 Å². The third kappa shape index (κ3) is 15.5. The second kappa shape index (κ2) is 28.2. The van der Waals surface area contributed by atoms with Crippen LogP contribution in [0.5, 0.6) is 5.75 Å². The molecule has 0 aromatic heterocycles. The number of aliphatic hydroxyl groups excluding tert-OH is 3. The van der Waals surface area contributed by atoms with E-state index in [1.807, 2.05) is 24.3 Å². The molecule has 78 heavy (non-hydrogen) atoms. The molecule has 21 heteroatoms. The average molecular weight is 1080 g/mol. The number of piperazine rings is 1. The Bertz CT molecular complexity index is 2510. The first-order valence-electron chi connectivity index (χ1n) is 27.8. The fourth-order valence-corrected chi connectivity index (χ4v) is 10.6. The Labute approximate surface area is 457 Å². The minimum atomic E-state index is -1.56. The molecule has 4 aliphatic rings. The first kappa shape index (κ1) is 58.9. The molecular formula is C57H80N10O11. The minimum Gasteiger partial charge on any atom is -0.494 e. The molecule has 424 valence electrons. The lowest BCUT2D eigenvalue weighted by Crippen LogP contribution is -2.62. The van der Waals surface area contributed by atoms with Crippen LogP contribution >= 0.6 is 0 Å². The number of nitrogens with one attached hydrogen (secondary N) is 5. The summed E-state index contributed by atoms with van der Waals surface area (Å²) in [6.07, 6.45) is 3.65. The van der Waals surface area contributed by atoms with Crippen LogP contribution in [0.3, 0.4) is 0 Å². The number of nitrogens with two attached hydrogens (primary N) is 1. The number of benzene rings is 3. The molecule has 0 bridgehead atoms. The number of rotatable bonds is 16. The zero-order chi connectivity index (χ0) is 55.9. The van der Waals surface area contributed by atoms with Crippen LogP contribution in [0.1, 0.15) is 106 Å². The van der Waals surface area contributed by atoms with E-state index in [0.29, 0.717) is 24.2 Å². The van der Waals surface area contributed by atoms with E-state index in [2.05, 4.69) is 55.4 Å². The molecule has 4 fully saturated rings. The Balaban J connectivity index is 1.06. The van der Waals surface area contributed by atoms with Gasteiger partial charge < -0.3 is 72.0 Å². The highest BCUT2D eigenvalue weighted by Gasteiger charge is 2.44. The van der Waals surface area contributed by atoms with Crippen molar-refractivity contribution in [3.05, 3.63) is 89.5 Å². The van der Waals surface area contributed by atoms with Crippen molar-refractivity contribution < 1.29 is 53.6 Å². The Hall–Kier alpha value is -6.81. The molecule has 4 heterocycles. The van der Waals surface area contributed by atoms with Gasteiger partial charge in [0, 0.05) is 75.2 Å². The number of hydrogen-bond donors (Lipinski definition) is 9. The second-order valence-electron chi connectivity index (χ2n) is 21.1. The summed E-state index contributed by atoms with van der Waals surface area (Å²) in [5.74, 6) is -4.15. The van der Waals surface area contributed by atoms with Crippen LogP contribution < -0.4 is 46.9 Å². The van der Waals surface area contributed by atoms with Gasteiger partial charge in [-0.2, -0.15) is 0 Å². The highest BCUT2D eigenvalue weighted by molar-refractivity contribution is 6.00. The number of anilines is 2. The van der Waals surface area contributed by atoms with Crippen LogP contribution in [0.15, 0.2) is 72.8 Å². The molecule has 0 saturated carbocycles. The van der Waals surface area contributed by atoms with E-state index in [1.54, 1.807) is 36.4 Å². The summed E-state index contributed by atoms with van der Waals surface area (Å²) in [6.45, 7) is 8.41. The fraction of sp³-hybridized carbons (Fsp3) is 0.561. The Kier molecular flexibility index (Phi) is 21.3. The van der Waals surface area contributed by atoms with Gasteiger partial charge in [0.1, 0.15) is 42.0 Å². The van der Waals surface area contributed by atoms with Crippen molar-refractivity contribution in [1.82, 2.24) is 36.4 Å². The molecule has 7 rings (SSSR count). The van der Waals surface area contributed by atoms with Crippen molar-refractivity contribution in [2.75, 3.05) is 62.2 Å². The molecule has 7 amide bonds. The molecule has 9 atom stereocenters. The van der Waals surface area contributed by atoms with Gasteiger partial charge in [-0.1, -0.05) is 56.9 Å². The van der Waals surface area contributed by atoms with Gasteiger partial charge in [0.15, 0.2) is 0 Å². The van der Waals surface area contributed by atoms with Crippen molar-refractivity contribution in [2.24, 2.45) is 5.73 Å². The molecule has 10 N–H and O–H groups in total. The van der Waals surface area contributed by atoms with E-state index in [1.165, 1.54) is 49.3 Å². The van der Waals surface area contributed by atoms with Crippen LogP contribution in [0.4, 0.5) is 11.4 Å². The van der Waals surface area contributed by atoms with E-state index in [0.717, 1.165) is 49.7 Å². The normalized spacial score (nSPS) is 24.9. The lowest BCUT2D eigenvalue weighted by atomic mass is 10.0. The summed E-state index contributed by atoms with van der Waals surface area (Å²) in [7, 11) is 0. The predicted octanol–water partition coefficient (Wildman–Crippen LogP) is 1.24. The molecule has 9 unspecified atom stereocenters. The lowest BCUT2D eigenvalue weighted by molar-refractivity contribution is -0.145. The molecular weight excluding hydrogens is 1000 g/mol. The van der Waals surface area contributed by atoms with E-state index >= 15 is 0 Å². The third-order valence-corrected chi connectivity index (χ3v) is 15.2. The van der Waals surface area contributed by atoms with Gasteiger partial charge in [0.2, 0.25) is 35.4 Å². The predicted molar refractivity (Wildman–Crippen MR) is 293 cm³/mol. The monoisotopic (exact) mass is 1080 g/mol. The van der Waals surface area contributed by atoms with Crippen LogP contribution in [0.2, 0.25) is 0 Å². The maximum atomic E-state index is 14.4. The van der Waals surface area contributed by atoms with Gasteiger partial charge >= 0.3 is 0 Å². The van der Waals surface area contributed by atoms with Crippen molar-refractivity contribution in [2.45, 2.75) is 153 Å². The Morgan fingerprint density at radius 1 is 0.679 bits per heavy atom. The summed E-state index contributed by atoms with van der Waals surface area (Å²) in [4.78, 5) is 106. The summed E-state index contributed by atoms with van der Waals surface area (Å²) in [5.41, 5.74) is 9.80. The Morgan fingerprint density at radius 3 is 1.88 bits per heavy atom. The molecule has 4 aliphatic heterocycles. The smallest absolute Gasteiger partial charge is 0.251 e. The van der Waals surface area contributed by atoms with Crippen molar-refractivity contribution in [1.29, 1.82) is 0 Å². The molecule has 3 aromatic carbocycles. The standard InChI is InChI=1S/C57H80N10O11/c1-4-5-6-7-8-31-78-44-23-21-43(22-24-44)65-29-27-64(28-30-65)42-19-17-40(18-20-42)51(71)60-45-11-9-25-59-54(74)48-33-41(58)34-67(48)57(77)50(37(3)70)63-53(73)46(32-38-13-15-39(35-68)16-14-38)61-55(75)47-12-10-26-66(47)56(76)49(36(2)69)62-52(45)72/h13-24,36-37,41,45-50,68-70H,4-12,25-35,58H2,1-3H3,(H,59,74)(H,60,71)(H,61,75)(H,62,72)(H,63,73). The summed E-state index contributed by atoms with van der Waals surface area (Å²) >= 11 is 0. The average Bonchev–Trinajstić information content (AvgIpc) is 4.12. The van der Waals surface area contributed by atoms with Crippen molar-refractivity contribution in [3.63, 3.8) is 0 Å².